The van der Waals surface area contributed by atoms with Gasteiger partial charge in [0.15, 0.2) is 16.7 Å². The smallest absolute Gasteiger partial charge is 0.234 e. The lowest BCUT2D eigenvalue weighted by atomic mass is 9.90. The standard InChI is InChI=1S/C19H26F2N5O3PS.C14H17NO3.C2H6/c1-30(12-27)26(23)10-13(22)4-7-29-18-14(2-3-15(20)17(18)21)16-11-31-19(24-16)25-5-8-28-9-6-25;1-2-9-18-11-5-3-10(4-6-11)12-7-8-13(16)15-14(12)17;1-2/h2-3,10-11,27H,4-9,12,22-23H2,1H3;3-6,12H,2,7-9H2,1H3,(H,15,16,17);1-2H3/b13-10+;;. The summed E-state index contributed by atoms with van der Waals surface area (Å²) >= 11 is 1.43. The number of nitrogens with one attached hydrogen (secondary N) is 1. The lowest BCUT2D eigenvalue weighted by Crippen LogP contribution is -2.39. The number of thiazole rings is 1. The number of morpholine rings is 1. The highest BCUT2D eigenvalue weighted by atomic mass is 32.1. The van der Waals surface area contributed by atoms with Crippen LogP contribution in [0.2, 0.25) is 0 Å². The Morgan fingerprint density at radius 1 is 1.16 bits per heavy atom. The van der Waals surface area contributed by atoms with Crippen LogP contribution in [0, 0.1) is 11.6 Å². The molecule has 3 heterocycles. The number of halogens is 2. The van der Waals surface area contributed by atoms with Gasteiger partial charge in [-0.25, -0.2) is 15.2 Å². The summed E-state index contributed by atoms with van der Waals surface area (Å²) in [4.78, 5) is 29.4. The number of amides is 2. The molecule has 0 radical (unpaired) electrons. The minimum Gasteiger partial charge on any atom is -0.494 e. The number of aromatic nitrogens is 1. The summed E-state index contributed by atoms with van der Waals surface area (Å²) in [7, 11) is -0.938. The molecule has 2 saturated heterocycles. The number of rotatable bonds is 13. The summed E-state index contributed by atoms with van der Waals surface area (Å²) in [5.41, 5.74) is 8.14. The van der Waals surface area contributed by atoms with Crippen LogP contribution in [-0.2, 0) is 14.3 Å². The molecule has 2 aliphatic rings. The number of nitrogens with zero attached hydrogens (tertiary/aromatic N) is 3. The first-order chi connectivity index (χ1) is 24.6. The first-order valence-electron chi connectivity index (χ1n) is 16.9. The number of ether oxygens (including phenoxy) is 3. The lowest BCUT2D eigenvalue weighted by Gasteiger charge is -2.26. The Kier molecular flexibility index (Phi) is 17.5. The van der Waals surface area contributed by atoms with Crippen LogP contribution in [0.25, 0.3) is 11.3 Å². The van der Waals surface area contributed by atoms with Gasteiger partial charge in [-0.2, -0.15) is 4.39 Å². The maximum atomic E-state index is 14.5. The summed E-state index contributed by atoms with van der Waals surface area (Å²) in [6.45, 7) is 11.3. The Labute approximate surface area is 303 Å². The van der Waals surface area contributed by atoms with Crippen molar-refractivity contribution < 1.29 is 37.7 Å². The van der Waals surface area contributed by atoms with E-state index in [-0.39, 0.29) is 42.9 Å². The van der Waals surface area contributed by atoms with Crippen LogP contribution < -0.4 is 31.3 Å². The van der Waals surface area contributed by atoms with Gasteiger partial charge in [0.25, 0.3) is 0 Å². The van der Waals surface area contributed by atoms with Gasteiger partial charge in [-0.3, -0.25) is 19.7 Å². The zero-order valence-electron chi connectivity index (χ0n) is 29.6. The number of hydrogen-bond donors (Lipinski definition) is 4. The van der Waals surface area contributed by atoms with E-state index in [1.807, 2.05) is 38.1 Å². The molecule has 0 spiro atoms. The van der Waals surface area contributed by atoms with Gasteiger partial charge in [0, 0.05) is 56.8 Å². The van der Waals surface area contributed by atoms with Crippen molar-refractivity contribution in [3.8, 4) is 22.8 Å². The van der Waals surface area contributed by atoms with Gasteiger partial charge in [0.1, 0.15) is 5.75 Å². The van der Waals surface area contributed by atoms with Crippen molar-refractivity contribution in [2.45, 2.75) is 52.4 Å². The number of anilines is 1. The normalized spacial score (nSPS) is 16.6. The molecule has 0 bridgehead atoms. The molecule has 0 saturated carbocycles. The van der Waals surface area contributed by atoms with E-state index in [0.717, 1.165) is 42.0 Å². The van der Waals surface area contributed by atoms with E-state index in [0.29, 0.717) is 49.6 Å². The molecule has 1 aromatic heterocycles. The molecular weight excluding hydrogens is 701 g/mol. The fourth-order valence-corrected chi connectivity index (χ4v) is 6.24. The van der Waals surface area contributed by atoms with Crippen LogP contribution in [0.3, 0.4) is 0 Å². The van der Waals surface area contributed by atoms with E-state index < -0.39 is 19.7 Å². The Morgan fingerprint density at radius 3 is 2.51 bits per heavy atom. The monoisotopic (exact) mass is 750 g/mol. The maximum absolute atomic E-state index is 14.5. The van der Waals surface area contributed by atoms with Gasteiger partial charge < -0.3 is 30.0 Å². The highest BCUT2D eigenvalue weighted by Gasteiger charge is 2.28. The molecule has 2 aliphatic heterocycles. The maximum Gasteiger partial charge on any atom is 0.234 e. The SMILES string of the molecule is CC.CCCOc1ccc(C2CCC(=O)NC2=O)cc1.CP(CO)N(N)/C=C(/N)CCOc1c(-c2csc(N3CCOCC3)n2)ccc(F)c1F. The fraction of sp³-hybridized carbons (Fsp3) is 0.457. The highest BCUT2D eigenvalue weighted by molar-refractivity contribution is 7.54. The average Bonchev–Trinajstić information content (AvgIpc) is 3.64. The van der Waals surface area contributed by atoms with Crippen molar-refractivity contribution in [1.82, 2.24) is 15.1 Å². The van der Waals surface area contributed by atoms with Crippen molar-refractivity contribution in [2.75, 3.05) is 57.4 Å². The highest BCUT2D eigenvalue weighted by Crippen LogP contribution is 2.37. The first kappa shape index (κ1) is 41.5. The molecule has 2 unspecified atom stereocenters. The van der Waals surface area contributed by atoms with Gasteiger partial charge in [0.05, 0.1) is 44.4 Å². The van der Waals surface area contributed by atoms with Crippen molar-refractivity contribution in [2.24, 2.45) is 11.6 Å². The zero-order valence-corrected chi connectivity index (χ0v) is 31.3. The van der Waals surface area contributed by atoms with Gasteiger partial charge >= 0.3 is 0 Å². The third-order valence-electron chi connectivity index (χ3n) is 7.63. The van der Waals surface area contributed by atoms with Crippen LogP contribution in [0.1, 0.15) is 57.9 Å². The topological polar surface area (TPSA) is 166 Å². The number of aliphatic hydroxyl groups excluding tert-OH is 1. The molecule has 2 amide bonds. The van der Waals surface area contributed by atoms with Gasteiger partial charge in [-0.05, 0) is 49.3 Å². The average molecular weight is 751 g/mol. The molecule has 280 valence electrons. The number of hydrogen-bond acceptors (Lipinski definition) is 12. The number of imide groups is 1. The molecule has 5 rings (SSSR count). The third-order valence-corrected chi connectivity index (χ3v) is 9.84. The van der Waals surface area contributed by atoms with E-state index in [1.165, 1.54) is 28.4 Å². The summed E-state index contributed by atoms with van der Waals surface area (Å²) < 4.78 is 46.2. The van der Waals surface area contributed by atoms with Crippen LogP contribution in [0.15, 0.2) is 53.7 Å². The number of benzene rings is 2. The summed E-state index contributed by atoms with van der Waals surface area (Å²) in [5.74, 6) is 3.73. The molecule has 6 N–H and O–H groups in total. The van der Waals surface area contributed by atoms with Crippen molar-refractivity contribution in [1.29, 1.82) is 0 Å². The molecular formula is C35H49F2N6O6PS. The van der Waals surface area contributed by atoms with E-state index in [4.69, 9.17) is 30.9 Å². The summed E-state index contributed by atoms with van der Waals surface area (Å²) in [6, 6.07) is 10.0. The largest absolute Gasteiger partial charge is 0.494 e. The molecule has 0 aliphatic carbocycles. The molecule has 2 atom stereocenters. The predicted molar refractivity (Wildman–Crippen MR) is 198 cm³/mol. The quantitative estimate of drug-likeness (QED) is 0.0737. The van der Waals surface area contributed by atoms with Crippen LogP contribution >= 0.6 is 19.4 Å². The van der Waals surface area contributed by atoms with E-state index in [1.54, 1.807) is 12.0 Å². The van der Waals surface area contributed by atoms with Crippen LogP contribution in [0.5, 0.6) is 11.5 Å². The molecule has 2 aromatic carbocycles. The molecule has 51 heavy (non-hydrogen) atoms. The minimum atomic E-state index is -1.07. The minimum absolute atomic E-state index is 0.0186. The van der Waals surface area contributed by atoms with Gasteiger partial charge in [-0.1, -0.05) is 32.9 Å². The second-order valence-electron chi connectivity index (χ2n) is 11.3. The first-order valence-corrected chi connectivity index (χ1v) is 19.7. The van der Waals surface area contributed by atoms with Crippen molar-refractivity contribution in [3.63, 3.8) is 0 Å². The Bertz CT molecular complexity index is 1570. The fourth-order valence-electron chi connectivity index (χ4n) is 4.87. The van der Waals surface area contributed by atoms with Gasteiger partial charge in [0.2, 0.25) is 17.6 Å². The lowest BCUT2D eigenvalue weighted by molar-refractivity contribution is -0.134. The molecule has 2 fully saturated rings. The number of hydrazine groups is 1. The molecule has 3 aromatic rings. The zero-order chi connectivity index (χ0) is 37.3. The number of nitrogens with two attached hydrogens (primary N) is 2. The van der Waals surface area contributed by atoms with Crippen molar-refractivity contribution >= 4 is 36.4 Å². The second kappa shape index (κ2) is 21.5. The summed E-state index contributed by atoms with van der Waals surface area (Å²) in [5, 5.41) is 14.1. The molecule has 16 heteroatoms. The number of piperidine rings is 1. The Morgan fingerprint density at radius 2 is 1.86 bits per heavy atom. The Balaban J connectivity index is 0.000000298. The molecule has 12 nitrogen and oxygen atoms in total. The van der Waals surface area contributed by atoms with Gasteiger partial charge in [-0.15, -0.1) is 11.3 Å². The van der Waals surface area contributed by atoms with Crippen molar-refractivity contribution in [3.05, 3.63) is 70.9 Å². The second-order valence-corrected chi connectivity index (χ2v) is 14.2. The predicted octanol–water partition coefficient (Wildman–Crippen LogP) is 5.67. The Hall–Kier alpha value is -3.88. The number of carbonyl (C=O) groups excluding carboxylic acids is 2. The van der Waals surface area contributed by atoms with E-state index in [2.05, 4.69) is 22.1 Å². The van der Waals surface area contributed by atoms with Crippen LogP contribution in [-0.4, -0.2) is 79.2 Å². The van der Waals surface area contributed by atoms with E-state index in [9.17, 15) is 18.4 Å². The third kappa shape index (κ3) is 12.4. The number of aliphatic hydroxyl groups is 1. The number of carbonyl (C=O) groups is 2. The van der Waals surface area contributed by atoms with E-state index >= 15 is 0 Å². The van der Waals surface area contributed by atoms with Crippen LogP contribution in [0.4, 0.5) is 13.9 Å². The summed E-state index contributed by atoms with van der Waals surface area (Å²) in [6.07, 6.45) is 3.64.